The van der Waals surface area contributed by atoms with Gasteiger partial charge in [0.25, 0.3) is 0 Å². The molecular weight excluding hydrogens is 402 g/mol. The molecule has 2 aromatic carbocycles. The third kappa shape index (κ3) is 4.21. The highest BCUT2D eigenvalue weighted by atomic mass is 35.5. The van der Waals surface area contributed by atoms with E-state index in [2.05, 4.69) is 5.32 Å². The van der Waals surface area contributed by atoms with Gasteiger partial charge in [0.1, 0.15) is 17.4 Å². The topological polar surface area (TPSA) is 68.5 Å². The van der Waals surface area contributed by atoms with Crippen LogP contribution in [-0.2, 0) is 4.74 Å². The first-order valence-electron chi connectivity index (χ1n) is 10.3. The Bertz CT molecular complexity index is 1130. The highest BCUT2D eigenvalue weighted by molar-refractivity contribution is 6.30. The van der Waals surface area contributed by atoms with Gasteiger partial charge in [-0.15, -0.1) is 0 Å². The number of carbonyl (C=O) groups excluding carboxylic acids is 1. The molecule has 30 heavy (non-hydrogen) atoms. The lowest BCUT2D eigenvalue weighted by molar-refractivity contribution is 0.114. The highest BCUT2D eigenvalue weighted by Gasteiger charge is 2.21. The number of halogens is 1. The summed E-state index contributed by atoms with van der Waals surface area (Å²) in [5.74, 6) is 0.595. The van der Waals surface area contributed by atoms with Crippen molar-refractivity contribution >= 4 is 34.4 Å². The molecular formula is C24H24ClNO4. The zero-order valence-electron chi connectivity index (χ0n) is 17.0. The van der Waals surface area contributed by atoms with Crippen molar-refractivity contribution in [3.63, 3.8) is 0 Å². The number of rotatable bonds is 4. The maximum atomic E-state index is 13.3. The molecule has 0 spiro atoms. The number of benzene rings is 2. The zero-order valence-corrected chi connectivity index (χ0v) is 17.8. The van der Waals surface area contributed by atoms with Crippen LogP contribution in [0.3, 0.4) is 0 Å². The summed E-state index contributed by atoms with van der Waals surface area (Å²) >= 11 is 6.00. The summed E-state index contributed by atoms with van der Waals surface area (Å²) in [6.07, 6.45) is 3.50. The van der Waals surface area contributed by atoms with Gasteiger partial charge < -0.3 is 9.15 Å². The number of anilines is 1. The van der Waals surface area contributed by atoms with E-state index >= 15 is 0 Å². The number of hydrogen-bond donors (Lipinski definition) is 1. The van der Waals surface area contributed by atoms with Crippen LogP contribution in [0.4, 0.5) is 10.5 Å². The molecule has 1 aliphatic rings. The first-order chi connectivity index (χ1) is 14.4. The fourth-order valence-corrected chi connectivity index (χ4v) is 4.02. The fraction of sp³-hybridized carbons (Fsp3) is 0.333. The number of fused-ring (bicyclic) bond motifs is 1. The third-order valence-corrected chi connectivity index (χ3v) is 5.65. The summed E-state index contributed by atoms with van der Waals surface area (Å²) in [4.78, 5) is 25.5. The van der Waals surface area contributed by atoms with Crippen LogP contribution in [0, 0.1) is 0 Å². The van der Waals surface area contributed by atoms with Crippen LogP contribution in [0.1, 0.15) is 51.2 Å². The second-order valence-corrected chi connectivity index (χ2v) is 8.42. The Kier molecular flexibility index (Phi) is 5.82. The molecule has 1 amide bonds. The molecule has 4 rings (SSSR count). The minimum absolute atomic E-state index is 0.00303. The number of hydrogen-bond acceptors (Lipinski definition) is 4. The van der Waals surface area contributed by atoms with Crippen molar-refractivity contribution < 1.29 is 13.9 Å². The molecule has 0 unspecified atom stereocenters. The maximum Gasteiger partial charge on any atom is 0.411 e. The number of amides is 1. The molecule has 1 heterocycles. The van der Waals surface area contributed by atoms with Gasteiger partial charge in [0.05, 0.1) is 10.9 Å². The summed E-state index contributed by atoms with van der Waals surface area (Å²) < 4.78 is 11.6. The minimum Gasteiger partial charge on any atom is -0.460 e. The summed E-state index contributed by atoms with van der Waals surface area (Å²) in [5.41, 5.74) is 2.15. The molecule has 1 N–H and O–H groups in total. The van der Waals surface area contributed by atoms with Crippen LogP contribution in [0.25, 0.3) is 22.1 Å². The minimum atomic E-state index is -0.481. The normalized spacial score (nSPS) is 14.4. The average molecular weight is 426 g/mol. The monoisotopic (exact) mass is 425 g/mol. The van der Waals surface area contributed by atoms with Crippen LogP contribution in [-0.4, -0.2) is 12.2 Å². The lowest BCUT2D eigenvalue weighted by Gasteiger charge is -2.14. The van der Waals surface area contributed by atoms with Crippen molar-refractivity contribution in [2.45, 2.75) is 51.6 Å². The Morgan fingerprint density at radius 1 is 1.13 bits per heavy atom. The average Bonchev–Trinajstić information content (AvgIpc) is 3.21. The molecule has 5 nitrogen and oxygen atoms in total. The first kappa shape index (κ1) is 20.5. The predicted molar refractivity (Wildman–Crippen MR) is 119 cm³/mol. The predicted octanol–water partition coefficient (Wildman–Crippen LogP) is 6.73. The Labute approximate surface area is 180 Å². The van der Waals surface area contributed by atoms with Crippen molar-refractivity contribution in [1.82, 2.24) is 0 Å². The van der Waals surface area contributed by atoms with E-state index in [1.54, 1.807) is 30.3 Å². The molecule has 3 aromatic rings. The van der Waals surface area contributed by atoms with Crippen LogP contribution in [0.5, 0.6) is 0 Å². The molecule has 1 aliphatic carbocycles. The molecule has 0 atom stereocenters. The van der Waals surface area contributed by atoms with Gasteiger partial charge in [0.15, 0.2) is 0 Å². The van der Waals surface area contributed by atoms with Gasteiger partial charge in [-0.25, -0.2) is 4.79 Å². The largest absolute Gasteiger partial charge is 0.460 e. The molecule has 1 saturated carbocycles. The molecule has 0 radical (unpaired) electrons. The first-order valence-corrected chi connectivity index (χ1v) is 10.6. The van der Waals surface area contributed by atoms with Crippen LogP contribution in [0.2, 0.25) is 5.02 Å². The third-order valence-electron chi connectivity index (χ3n) is 5.40. The van der Waals surface area contributed by atoms with E-state index in [0.29, 0.717) is 33.0 Å². The molecule has 0 aliphatic heterocycles. The molecule has 6 heteroatoms. The quantitative estimate of drug-likeness (QED) is 0.503. The van der Waals surface area contributed by atoms with Crippen LogP contribution < -0.4 is 10.7 Å². The van der Waals surface area contributed by atoms with E-state index in [9.17, 15) is 9.59 Å². The van der Waals surface area contributed by atoms with Gasteiger partial charge >= 0.3 is 6.09 Å². The number of ether oxygens (including phenoxy) is 1. The molecule has 0 bridgehead atoms. The van der Waals surface area contributed by atoms with Crippen molar-refractivity contribution in [3.8, 4) is 11.1 Å². The highest BCUT2D eigenvalue weighted by Crippen LogP contribution is 2.31. The fourth-order valence-electron chi connectivity index (χ4n) is 3.89. The van der Waals surface area contributed by atoms with E-state index in [4.69, 9.17) is 20.8 Å². The van der Waals surface area contributed by atoms with E-state index in [-0.39, 0.29) is 17.5 Å². The maximum absolute atomic E-state index is 13.3. The lowest BCUT2D eigenvalue weighted by atomic mass is 9.97. The smallest absolute Gasteiger partial charge is 0.411 e. The van der Waals surface area contributed by atoms with Gasteiger partial charge in [-0.1, -0.05) is 37.6 Å². The SMILES string of the molecule is CC(C)c1oc2cc(NC(=O)OC3CCCC3)ccc2c(=O)c1-c1ccc(Cl)cc1. The molecule has 0 saturated heterocycles. The van der Waals surface area contributed by atoms with Crippen molar-refractivity contribution in [3.05, 3.63) is 63.5 Å². The Balaban J connectivity index is 1.70. The van der Waals surface area contributed by atoms with E-state index in [1.165, 1.54) is 0 Å². The summed E-state index contributed by atoms with van der Waals surface area (Å²) in [6.45, 7) is 3.95. The van der Waals surface area contributed by atoms with Gasteiger partial charge in [0, 0.05) is 22.7 Å². The van der Waals surface area contributed by atoms with Gasteiger partial charge in [-0.2, -0.15) is 0 Å². The zero-order chi connectivity index (χ0) is 21.3. The molecule has 1 fully saturated rings. The van der Waals surface area contributed by atoms with E-state index in [0.717, 1.165) is 31.2 Å². The number of nitrogens with one attached hydrogen (secondary N) is 1. The Hall–Kier alpha value is -2.79. The second-order valence-electron chi connectivity index (χ2n) is 7.98. The Morgan fingerprint density at radius 3 is 2.50 bits per heavy atom. The summed E-state index contributed by atoms with van der Waals surface area (Å²) in [5, 5.41) is 3.81. The van der Waals surface area contributed by atoms with Crippen molar-refractivity contribution in [2.24, 2.45) is 0 Å². The van der Waals surface area contributed by atoms with Crippen molar-refractivity contribution in [2.75, 3.05) is 5.32 Å². The van der Waals surface area contributed by atoms with Gasteiger partial charge in [-0.3, -0.25) is 10.1 Å². The van der Waals surface area contributed by atoms with E-state index < -0.39 is 6.09 Å². The molecule has 156 valence electrons. The second kappa shape index (κ2) is 8.52. The van der Waals surface area contributed by atoms with Crippen LogP contribution >= 0.6 is 11.6 Å². The van der Waals surface area contributed by atoms with Crippen molar-refractivity contribution in [1.29, 1.82) is 0 Å². The lowest BCUT2D eigenvalue weighted by Crippen LogP contribution is -2.20. The van der Waals surface area contributed by atoms with Crippen LogP contribution in [0.15, 0.2) is 51.7 Å². The number of carbonyl (C=O) groups is 1. The van der Waals surface area contributed by atoms with Gasteiger partial charge in [-0.05, 0) is 55.5 Å². The summed E-state index contributed by atoms with van der Waals surface area (Å²) in [7, 11) is 0. The van der Waals surface area contributed by atoms with E-state index in [1.807, 2.05) is 26.0 Å². The van der Waals surface area contributed by atoms with Gasteiger partial charge in [0.2, 0.25) is 5.43 Å². The summed E-state index contributed by atoms with van der Waals surface area (Å²) in [6, 6.07) is 12.2. The Morgan fingerprint density at radius 2 is 1.83 bits per heavy atom. The standard InChI is InChI=1S/C24H24ClNO4/c1-14(2)23-21(15-7-9-16(25)10-8-15)22(27)19-12-11-17(13-20(19)30-23)26-24(28)29-18-5-3-4-6-18/h7-14,18H,3-6H2,1-2H3,(H,26,28). The molecule has 1 aromatic heterocycles.